The lowest BCUT2D eigenvalue weighted by Gasteiger charge is -2.15. The normalized spacial score (nSPS) is 11.0. The Kier molecular flexibility index (Phi) is 9.07. The molecule has 1 N–H and O–H groups in total. The lowest BCUT2D eigenvalue weighted by molar-refractivity contribution is -0.0908. The summed E-state index contributed by atoms with van der Waals surface area (Å²) in [6, 6.07) is 4.10. The molecule has 1 rings (SSSR count). The predicted molar refractivity (Wildman–Crippen MR) is 98.3 cm³/mol. The van der Waals surface area contributed by atoms with Crippen molar-refractivity contribution in [3.63, 3.8) is 0 Å². The summed E-state index contributed by atoms with van der Waals surface area (Å²) in [5, 5.41) is 0. The van der Waals surface area contributed by atoms with Crippen molar-refractivity contribution >= 4 is 17.7 Å². The number of aliphatic imine (C=N–C) groups is 1. The van der Waals surface area contributed by atoms with Crippen LogP contribution in [0.4, 0.5) is 5.69 Å². The van der Waals surface area contributed by atoms with Gasteiger partial charge in [-0.2, -0.15) is 0 Å². The van der Waals surface area contributed by atoms with Crippen molar-refractivity contribution in [2.45, 2.75) is 20.8 Å². The van der Waals surface area contributed by atoms with Crippen molar-refractivity contribution in [3.05, 3.63) is 35.4 Å². The molecule has 1 aromatic carbocycles. The van der Waals surface area contributed by atoms with E-state index in [1.807, 2.05) is 38.2 Å². The Morgan fingerprint density at radius 2 is 2.04 bits per heavy atom. The van der Waals surface area contributed by atoms with Crippen LogP contribution in [0.25, 0.3) is 5.70 Å². The van der Waals surface area contributed by atoms with Crippen LogP contribution in [0.5, 0.6) is 0 Å². The molecule has 6 heteroatoms. The van der Waals surface area contributed by atoms with Gasteiger partial charge in [-0.1, -0.05) is 6.58 Å². The summed E-state index contributed by atoms with van der Waals surface area (Å²) in [7, 11) is 3.63. The van der Waals surface area contributed by atoms with E-state index >= 15 is 0 Å². The van der Waals surface area contributed by atoms with Crippen molar-refractivity contribution in [1.29, 1.82) is 0 Å². The van der Waals surface area contributed by atoms with Crippen molar-refractivity contribution in [2.75, 3.05) is 40.7 Å². The van der Waals surface area contributed by atoms with Gasteiger partial charge in [0.15, 0.2) is 6.79 Å². The monoisotopic (exact) mass is 335 g/mol. The van der Waals surface area contributed by atoms with Gasteiger partial charge < -0.3 is 14.4 Å². The van der Waals surface area contributed by atoms with Crippen LogP contribution in [-0.4, -0.2) is 51.9 Å². The zero-order valence-corrected chi connectivity index (χ0v) is 15.4. The van der Waals surface area contributed by atoms with E-state index in [9.17, 15) is 0 Å². The van der Waals surface area contributed by atoms with E-state index in [0.29, 0.717) is 18.9 Å². The second-order valence-electron chi connectivity index (χ2n) is 5.52. The first-order valence-corrected chi connectivity index (χ1v) is 7.99. The highest BCUT2D eigenvalue weighted by molar-refractivity contribution is 5.70. The molecule has 134 valence electrons. The molecule has 0 aromatic heterocycles. The molecule has 24 heavy (non-hydrogen) atoms. The van der Waals surface area contributed by atoms with Crippen molar-refractivity contribution < 1.29 is 14.3 Å². The van der Waals surface area contributed by atoms with Gasteiger partial charge in [0.1, 0.15) is 0 Å². The first kappa shape index (κ1) is 20.2. The third-order valence-electron chi connectivity index (χ3n) is 3.53. The Bertz CT molecular complexity index is 559. The molecule has 0 saturated heterocycles. The first-order valence-electron chi connectivity index (χ1n) is 7.99. The highest BCUT2D eigenvalue weighted by Crippen LogP contribution is 2.26. The van der Waals surface area contributed by atoms with Gasteiger partial charge in [0.25, 0.3) is 0 Å². The summed E-state index contributed by atoms with van der Waals surface area (Å²) in [4.78, 5) is 11.8. The zero-order valence-electron chi connectivity index (χ0n) is 15.4. The lowest BCUT2D eigenvalue weighted by atomic mass is 10.0. The summed E-state index contributed by atoms with van der Waals surface area (Å²) in [6.45, 7) is 12.2. The van der Waals surface area contributed by atoms with E-state index in [2.05, 4.69) is 30.0 Å². The summed E-state index contributed by atoms with van der Waals surface area (Å²) in [6.07, 6.45) is 1.84. The Balaban J connectivity index is 2.64. The molecule has 0 aliphatic rings. The number of ether oxygens (including phenoxy) is 2. The third-order valence-corrected chi connectivity index (χ3v) is 3.53. The highest BCUT2D eigenvalue weighted by Gasteiger charge is 2.07. The summed E-state index contributed by atoms with van der Waals surface area (Å²) >= 11 is 0. The molecule has 6 nitrogen and oxygen atoms in total. The van der Waals surface area contributed by atoms with Crippen LogP contribution in [-0.2, 0) is 14.3 Å². The summed E-state index contributed by atoms with van der Waals surface area (Å²) < 4.78 is 10.1. The summed E-state index contributed by atoms with van der Waals surface area (Å²) in [5.74, 6) is 0. The molecule has 0 amide bonds. The third kappa shape index (κ3) is 6.70. The minimum absolute atomic E-state index is 0.131. The molecule has 0 fully saturated rings. The number of methoxy groups -OCH3 is 1. The standard InChI is InChI=1S/C18H29N3O3/c1-7-21(5)12-19-18-11-14(2)17(10-15(18)3)16(4)20-24-13-23-9-8-22-6/h10-12,20H,4,7-9,13H2,1-3,5-6H3. The number of rotatable bonds is 11. The fourth-order valence-electron chi connectivity index (χ4n) is 1.92. The maximum atomic E-state index is 5.25. The molecule has 0 spiro atoms. The molecule has 0 aliphatic heterocycles. The van der Waals surface area contributed by atoms with Gasteiger partial charge in [-0.25, -0.2) is 9.83 Å². The molecule has 0 bridgehead atoms. The van der Waals surface area contributed by atoms with Crippen molar-refractivity contribution in [1.82, 2.24) is 10.4 Å². The number of aryl methyl sites for hydroxylation is 2. The van der Waals surface area contributed by atoms with Crippen molar-refractivity contribution in [2.24, 2.45) is 4.99 Å². The largest absolute Gasteiger partial charge is 0.382 e. The summed E-state index contributed by atoms with van der Waals surface area (Å²) in [5.41, 5.74) is 7.60. The lowest BCUT2D eigenvalue weighted by Crippen LogP contribution is -2.17. The van der Waals surface area contributed by atoms with E-state index in [0.717, 1.165) is 28.9 Å². The number of hydrogen-bond acceptors (Lipinski definition) is 5. The van der Waals surface area contributed by atoms with Gasteiger partial charge in [0.05, 0.1) is 30.9 Å². The number of nitrogens with one attached hydrogen (secondary N) is 1. The highest BCUT2D eigenvalue weighted by atomic mass is 16.8. The van der Waals surface area contributed by atoms with Crippen molar-refractivity contribution in [3.8, 4) is 0 Å². The van der Waals surface area contributed by atoms with E-state index < -0.39 is 0 Å². The number of hydrogen-bond donors (Lipinski definition) is 1. The van der Waals surface area contributed by atoms with Gasteiger partial charge in [-0.3, -0.25) is 5.48 Å². The number of hydroxylamine groups is 1. The first-order chi connectivity index (χ1) is 11.5. The maximum absolute atomic E-state index is 5.25. The number of nitrogens with zero attached hydrogens (tertiary/aromatic N) is 2. The SMILES string of the molecule is C=C(NOCOCCOC)c1cc(C)c(N=CN(C)CC)cc1C. The van der Waals surface area contributed by atoms with Crippen LogP contribution in [0.15, 0.2) is 23.7 Å². The number of benzene rings is 1. The smallest absolute Gasteiger partial charge is 0.173 e. The predicted octanol–water partition coefficient (Wildman–Crippen LogP) is 3.03. The van der Waals surface area contributed by atoms with E-state index in [1.54, 1.807) is 7.11 Å². The Morgan fingerprint density at radius 3 is 2.71 bits per heavy atom. The quantitative estimate of drug-likeness (QED) is 0.221. The molecule has 0 atom stereocenters. The maximum Gasteiger partial charge on any atom is 0.173 e. The molecule has 0 unspecified atom stereocenters. The fraction of sp³-hybridized carbons (Fsp3) is 0.500. The van der Waals surface area contributed by atoms with E-state index in [1.165, 1.54) is 0 Å². The molecule has 0 saturated carbocycles. The molecular weight excluding hydrogens is 306 g/mol. The van der Waals surface area contributed by atoms with Crippen LogP contribution in [0.3, 0.4) is 0 Å². The molecule has 1 aromatic rings. The van der Waals surface area contributed by atoms with Gasteiger partial charge in [-0.05, 0) is 44.0 Å². The zero-order chi connectivity index (χ0) is 17.9. The average Bonchev–Trinajstić information content (AvgIpc) is 2.57. The van der Waals surface area contributed by atoms with Crippen LogP contribution in [0.2, 0.25) is 0 Å². The Hall–Kier alpha value is -1.89. The molecular formula is C18H29N3O3. The molecule has 0 radical (unpaired) electrons. The second-order valence-corrected chi connectivity index (χ2v) is 5.52. The topological polar surface area (TPSA) is 55.3 Å². The van der Waals surface area contributed by atoms with Crippen LogP contribution in [0, 0.1) is 13.8 Å². The Morgan fingerprint density at radius 1 is 1.29 bits per heavy atom. The van der Waals surface area contributed by atoms with E-state index in [4.69, 9.17) is 14.3 Å². The molecule has 0 heterocycles. The van der Waals surface area contributed by atoms with Gasteiger partial charge >= 0.3 is 0 Å². The second kappa shape index (κ2) is 10.8. The average molecular weight is 335 g/mol. The minimum atomic E-state index is 0.131. The molecule has 0 aliphatic carbocycles. The van der Waals surface area contributed by atoms with E-state index in [-0.39, 0.29) is 6.79 Å². The van der Waals surface area contributed by atoms with Crippen LogP contribution >= 0.6 is 0 Å². The van der Waals surface area contributed by atoms with Gasteiger partial charge in [0, 0.05) is 26.3 Å². The minimum Gasteiger partial charge on any atom is -0.382 e. The van der Waals surface area contributed by atoms with Gasteiger partial charge in [0.2, 0.25) is 0 Å². The Labute approximate surface area is 145 Å². The fourth-order valence-corrected chi connectivity index (χ4v) is 1.92. The van der Waals surface area contributed by atoms with Crippen LogP contribution in [0.1, 0.15) is 23.6 Å². The van der Waals surface area contributed by atoms with Gasteiger partial charge in [-0.15, -0.1) is 0 Å². The van der Waals surface area contributed by atoms with Crippen LogP contribution < -0.4 is 5.48 Å².